The van der Waals surface area contributed by atoms with Gasteiger partial charge in [-0.05, 0) is 18.2 Å². The Balaban J connectivity index is 2.13. The summed E-state index contributed by atoms with van der Waals surface area (Å²) >= 11 is 1.09. The zero-order chi connectivity index (χ0) is 24.4. The van der Waals surface area contributed by atoms with E-state index in [4.69, 9.17) is 19.9 Å². The van der Waals surface area contributed by atoms with Crippen molar-refractivity contribution < 1.29 is 19.0 Å². The maximum atomic E-state index is 13.4. The molecule has 0 saturated heterocycles. The number of aromatic nitrogens is 1. The van der Waals surface area contributed by atoms with Crippen molar-refractivity contribution in [1.29, 1.82) is 5.26 Å². The van der Waals surface area contributed by atoms with Crippen molar-refractivity contribution in [2.24, 2.45) is 5.73 Å². The molecule has 0 amide bonds. The molecule has 4 rings (SSSR count). The minimum Gasteiger partial charge on any atom is -0.496 e. The van der Waals surface area contributed by atoms with Crippen LogP contribution >= 0.6 is 11.3 Å². The van der Waals surface area contributed by atoms with Crippen molar-refractivity contribution in [3.63, 3.8) is 0 Å². The molecule has 0 unspecified atom stereocenters. The van der Waals surface area contributed by atoms with Crippen molar-refractivity contribution in [1.82, 2.24) is 4.57 Å². The first kappa shape index (κ1) is 22.9. The van der Waals surface area contributed by atoms with Crippen LogP contribution in [0.25, 0.3) is 17.5 Å². The first-order valence-electron chi connectivity index (χ1n) is 10.2. The zero-order valence-electron chi connectivity index (χ0n) is 18.7. The minimum atomic E-state index is -0.870. The van der Waals surface area contributed by atoms with E-state index >= 15 is 0 Å². The zero-order valence-corrected chi connectivity index (χ0v) is 19.5. The van der Waals surface area contributed by atoms with E-state index in [1.54, 1.807) is 43.5 Å². The molecule has 0 saturated carbocycles. The van der Waals surface area contributed by atoms with Crippen molar-refractivity contribution in [3.8, 4) is 17.6 Å². The lowest BCUT2D eigenvalue weighted by molar-refractivity contribution is -0.134. The Labute approximate surface area is 199 Å². The predicted molar refractivity (Wildman–Crippen MR) is 129 cm³/mol. The molecular weight excluding hydrogens is 454 g/mol. The summed E-state index contributed by atoms with van der Waals surface area (Å²) in [6.45, 7) is 0. The number of carbonyl (C=O) groups excluding carboxylic acids is 1. The molecule has 1 aliphatic rings. The highest BCUT2D eigenvalue weighted by atomic mass is 32.1. The van der Waals surface area contributed by atoms with E-state index in [-0.39, 0.29) is 17.0 Å². The molecule has 34 heavy (non-hydrogen) atoms. The van der Waals surface area contributed by atoms with Gasteiger partial charge in [0.1, 0.15) is 22.0 Å². The Morgan fingerprint density at radius 3 is 2.38 bits per heavy atom. The molecule has 0 fully saturated rings. The quantitative estimate of drug-likeness (QED) is 0.556. The Hall–Kier alpha value is -4.29. The van der Waals surface area contributed by atoms with Crippen LogP contribution in [0.2, 0.25) is 0 Å². The number of methoxy groups -OCH3 is 3. The Bertz CT molecular complexity index is 1540. The highest BCUT2D eigenvalue weighted by molar-refractivity contribution is 7.07. The first-order chi connectivity index (χ1) is 16.5. The van der Waals surface area contributed by atoms with E-state index in [0.29, 0.717) is 31.8 Å². The number of hydrogen-bond donors (Lipinski definition) is 1. The Morgan fingerprint density at radius 2 is 1.74 bits per heavy atom. The molecule has 0 spiro atoms. The number of fused-ring (bicyclic) bond motifs is 1. The lowest BCUT2D eigenvalue weighted by Gasteiger charge is -2.25. The second-order valence-electron chi connectivity index (χ2n) is 7.29. The highest BCUT2D eigenvalue weighted by Gasteiger charge is 2.37. The van der Waals surface area contributed by atoms with Gasteiger partial charge in [0.05, 0.1) is 49.0 Å². The summed E-state index contributed by atoms with van der Waals surface area (Å²) in [5.41, 5.74) is 7.36. The van der Waals surface area contributed by atoms with Crippen molar-refractivity contribution in [2.75, 3.05) is 21.3 Å². The van der Waals surface area contributed by atoms with E-state index in [9.17, 15) is 14.9 Å². The summed E-state index contributed by atoms with van der Waals surface area (Å²) in [6.07, 6.45) is 1.67. The normalized spacial score (nSPS) is 15.5. The number of nitriles is 1. The van der Waals surface area contributed by atoms with E-state index in [1.165, 1.54) is 18.8 Å². The van der Waals surface area contributed by atoms with E-state index < -0.39 is 17.4 Å². The van der Waals surface area contributed by atoms with Gasteiger partial charge in [-0.25, -0.2) is 4.79 Å². The number of nitrogens with two attached hydrogens (primary N) is 1. The number of carbonyl (C=O) groups is 1. The van der Waals surface area contributed by atoms with E-state index in [0.717, 1.165) is 11.3 Å². The molecule has 0 aliphatic carbocycles. The van der Waals surface area contributed by atoms with Gasteiger partial charge in [0, 0.05) is 11.1 Å². The summed E-state index contributed by atoms with van der Waals surface area (Å²) in [6, 6.07) is 16.4. The number of hydrogen-bond acceptors (Lipinski definition) is 8. The van der Waals surface area contributed by atoms with Gasteiger partial charge < -0.3 is 19.9 Å². The summed E-state index contributed by atoms with van der Waals surface area (Å²) < 4.78 is 17.8. The molecule has 9 heteroatoms. The highest BCUT2D eigenvalue weighted by Crippen LogP contribution is 2.40. The Morgan fingerprint density at radius 1 is 1.09 bits per heavy atom. The van der Waals surface area contributed by atoms with Gasteiger partial charge in [-0.15, -0.1) is 11.3 Å². The lowest BCUT2D eigenvalue weighted by Crippen LogP contribution is -2.40. The third kappa shape index (κ3) is 3.64. The smallest absolute Gasteiger partial charge is 0.337 e. The van der Waals surface area contributed by atoms with Crippen LogP contribution in [-0.4, -0.2) is 31.9 Å². The van der Waals surface area contributed by atoms with E-state index in [1.807, 2.05) is 18.2 Å². The lowest BCUT2D eigenvalue weighted by atomic mass is 9.83. The first-order valence-corrected chi connectivity index (χ1v) is 11.0. The molecule has 1 atom stereocenters. The van der Waals surface area contributed by atoms with Crippen LogP contribution in [-0.2, 0) is 9.53 Å². The number of ether oxygens (including phenoxy) is 3. The fourth-order valence-electron chi connectivity index (χ4n) is 4.00. The number of nitrogens with zero attached hydrogens (tertiary/aromatic N) is 2. The van der Waals surface area contributed by atoms with Gasteiger partial charge >= 0.3 is 5.97 Å². The van der Waals surface area contributed by atoms with Crippen molar-refractivity contribution in [3.05, 3.63) is 84.8 Å². The minimum absolute atomic E-state index is 0.0398. The molecule has 1 aromatic heterocycles. The maximum Gasteiger partial charge on any atom is 0.337 e. The van der Waals surface area contributed by atoms with Gasteiger partial charge in [-0.2, -0.15) is 5.26 Å². The van der Waals surface area contributed by atoms with Gasteiger partial charge in [0.15, 0.2) is 0 Å². The largest absolute Gasteiger partial charge is 0.496 e. The second-order valence-corrected chi connectivity index (χ2v) is 8.32. The van der Waals surface area contributed by atoms with Gasteiger partial charge in [0.2, 0.25) is 0 Å². The topological polar surface area (TPSA) is 117 Å². The van der Waals surface area contributed by atoms with Crippen LogP contribution < -0.4 is 30.0 Å². The SMILES string of the molecule is COC(=O)C1=c2sc(=Cc3ccccc3OC)c(=O)n2C(N)=C(C#N)[C@@H]1c1ccccc1OC. The van der Waals surface area contributed by atoms with Crippen molar-refractivity contribution >= 4 is 34.8 Å². The van der Waals surface area contributed by atoms with Gasteiger partial charge in [0.25, 0.3) is 5.56 Å². The molecule has 2 N–H and O–H groups in total. The standard InChI is InChI=1S/C25H21N3O5S/c1-31-17-10-6-4-8-14(17)12-19-23(29)28-22(27)16(13-26)20(15-9-5-7-11-18(15)32-2)21(24(28)34-19)25(30)33-3/h4-12,20H,27H2,1-3H3/t20-/m0/s1. The molecule has 8 nitrogen and oxygen atoms in total. The molecular formula is C25H21N3O5S. The van der Waals surface area contributed by atoms with Crippen LogP contribution in [0.3, 0.4) is 0 Å². The maximum absolute atomic E-state index is 13.4. The molecule has 0 bridgehead atoms. The second kappa shape index (κ2) is 9.29. The molecule has 0 radical (unpaired) electrons. The van der Waals surface area contributed by atoms with Crippen LogP contribution in [0.1, 0.15) is 17.0 Å². The number of thiazole rings is 1. The Kier molecular flexibility index (Phi) is 6.25. The number of benzene rings is 2. The number of esters is 1. The summed E-state index contributed by atoms with van der Waals surface area (Å²) in [5.74, 6) is -0.520. The predicted octanol–water partition coefficient (Wildman–Crippen LogP) is 1.53. The summed E-state index contributed by atoms with van der Waals surface area (Å²) in [7, 11) is 4.29. The number of para-hydroxylation sites is 2. The van der Waals surface area contributed by atoms with Gasteiger partial charge in [-0.3, -0.25) is 9.36 Å². The average molecular weight is 476 g/mol. The summed E-state index contributed by atoms with van der Waals surface area (Å²) in [4.78, 5) is 26.4. The van der Waals surface area contributed by atoms with Crippen molar-refractivity contribution in [2.45, 2.75) is 5.92 Å². The average Bonchev–Trinajstić information content (AvgIpc) is 3.19. The molecule has 2 aromatic carbocycles. The molecule has 3 aromatic rings. The van der Waals surface area contributed by atoms with Crippen LogP contribution in [0.4, 0.5) is 0 Å². The van der Waals surface area contributed by atoms with E-state index in [2.05, 4.69) is 6.07 Å². The third-order valence-corrected chi connectivity index (χ3v) is 6.66. The molecule has 1 aliphatic heterocycles. The molecule has 172 valence electrons. The monoisotopic (exact) mass is 475 g/mol. The number of allylic oxidation sites excluding steroid dienone is 1. The van der Waals surface area contributed by atoms with Crippen LogP contribution in [0.15, 0.2) is 58.9 Å². The molecule has 2 heterocycles. The number of rotatable bonds is 5. The fraction of sp³-hybridized carbons (Fsp3) is 0.160. The van der Waals surface area contributed by atoms with Gasteiger partial charge in [-0.1, -0.05) is 36.4 Å². The fourth-order valence-corrected chi connectivity index (χ4v) is 5.15. The summed E-state index contributed by atoms with van der Waals surface area (Å²) in [5, 5.41) is 10.0. The van der Waals surface area contributed by atoms with Crippen LogP contribution in [0.5, 0.6) is 11.5 Å². The van der Waals surface area contributed by atoms with Crippen LogP contribution in [0, 0.1) is 11.3 Å². The third-order valence-electron chi connectivity index (χ3n) is 5.55.